The monoisotopic (exact) mass is 441 g/mol. The molecule has 2 aliphatic heterocycles. The zero-order chi connectivity index (χ0) is 21.8. The first-order valence-electron chi connectivity index (χ1n) is 9.85. The molecule has 0 N–H and O–H groups in total. The molecule has 0 amide bonds. The van der Waals surface area contributed by atoms with Crippen LogP contribution < -0.4 is 14.2 Å². The van der Waals surface area contributed by atoms with Gasteiger partial charge in [-0.25, -0.2) is 8.42 Å². The van der Waals surface area contributed by atoms with E-state index in [1.54, 1.807) is 12.1 Å². The third-order valence-corrected chi connectivity index (χ3v) is 6.99. The molecule has 2 aliphatic rings. The third kappa shape index (κ3) is 4.60. The van der Waals surface area contributed by atoms with Crippen LogP contribution in [0.3, 0.4) is 0 Å². The van der Waals surface area contributed by atoms with Crippen LogP contribution in [0.5, 0.6) is 17.2 Å². The minimum absolute atomic E-state index is 0.0718. The first-order valence-corrected chi connectivity index (χ1v) is 11.3. The maximum Gasteiger partial charge on any atom is 0.231 e. The molecule has 2 aromatic carbocycles. The highest BCUT2D eigenvalue weighted by Crippen LogP contribution is 2.33. The number of ether oxygens (including phenoxy) is 3. The van der Waals surface area contributed by atoms with E-state index >= 15 is 0 Å². The summed E-state index contributed by atoms with van der Waals surface area (Å²) < 4.78 is 41.5. The summed E-state index contributed by atoms with van der Waals surface area (Å²) in [7, 11) is -2.37. The highest BCUT2D eigenvalue weighted by Gasteiger charge is 2.24. The SMILES string of the molecule is COc1ccc(S(=O)(=O)C(C#N)=CN2CCN(Cc3ccc4c(c3)OCO4)CC2)cc1. The molecule has 0 saturated carbocycles. The Morgan fingerprint density at radius 3 is 2.48 bits per heavy atom. The number of allylic oxidation sites excluding steroid dienone is 1. The zero-order valence-corrected chi connectivity index (χ0v) is 18.0. The average Bonchev–Trinajstić information content (AvgIpc) is 3.26. The van der Waals surface area contributed by atoms with E-state index in [9.17, 15) is 13.7 Å². The van der Waals surface area contributed by atoms with Gasteiger partial charge in [0.2, 0.25) is 16.6 Å². The van der Waals surface area contributed by atoms with Crippen molar-refractivity contribution >= 4 is 9.84 Å². The van der Waals surface area contributed by atoms with Crippen LogP contribution in [0.2, 0.25) is 0 Å². The number of piperazine rings is 1. The Balaban J connectivity index is 1.39. The van der Waals surface area contributed by atoms with Gasteiger partial charge in [0, 0.05) is 38.9 Å². The molecule has 1 saturated heterocycles. The van der Waals surface area contributed by atoms with E-state index in [1.165, 1.54) is 25.4 Å². The molecule has 0 aromatic heterocycles. The highest BCUT2D eigenvalue weighted by atomic mass is 32.2. The number of nitriles is 1. The van der Waals surface area contributed by atoms with Gasteiger partial charge in [-0.3, -0.25) is 4.90 Å². The van der Waals surface area contributed by atoms with Crippen molar-refractivity contribution in [2.75, 3.05) is 40.1 Å². The highest BCUT2D eigenvalue weighted by molar-refractivity contribution is 7.95. The first kappa shape index (κ1) is 21.0. The van der Waals surface area contributed by atoms with Gasteiger partial charge in [0.05, 0.1) is 12.0 Å². The van der Waals surface area contributed by atoms with Gasteiger partial charge in [-0.1, -0.05) is 6.07 Å². The minimum Gasteiger partial charge on any atom is -0.497 e. The quantitative estimate of drug-likeness (QED) is 0.631. The Morgan fingerprint density at radius 2 is 1.81 bits per heavy atom. The number of fused-ring (bicyclic) bond motifs is 1. The van der Waals surface area contributed by atoms with Crippen molar-refractivity contribution in [2.24, 2.45) is 0 Å². The van der Waals surface area contributed by atoms with Crippen molar-refractivity contribution in [1.29, 1.82) is 5.26 Å². The van der Waals surface area contributed by atoms with E-state index in [1.807, 2.05) is 29.2 Å². The number of benzene rings is 2. The summed E-state index contributed by atoms with van der Waals surface area (Å²) in [4.78, 5) is 3.98. The molecule has 31 heavy (non-hydrogen) atoms. The van der Waals surface area contributed by atoms with E-state index in [-0.39, 0.29) is 16.6 Å². The lowest BCUT2D eigenvalue weighted by Gasteiger charge is -2.34. The number of rotatable bonds is 6. The van der Waals surface area contributed by atoms with Crippen molar-refractivity contribution in [2.45, 2.75) is 11.4 Å². The molecule has 0 bridgehead atoms. The topological polar surface area (TPSA) is 92.1 Å². The molecule has 0 spiro atoms. The largest absolute Gasteiger partial charge is 0.497 e. The second-order valence-corrected chi connectivity index (χ2v) is 9.20. The standard InChI is InChI=1S/C22H23N3O5S/c1-28-18-3-5-19(6-4-18)31(26,27)20(13-23)15-25-10-8-24(9-11-25)14-17-2-7-21-22(12-17)30-16-29-21/h2-7,12,15H,8-11,14,16H2,1H3. The van der Waals surface area contributed by atoms with Crippen molar-refractivity contribution in [3.8, 4) is 23.3 Å². The fourth-order valence-electron chi connectivity index (χ4n) is 3.55. The molecule has 8 nitrogen and oxygen atoms in total. The van der Waals surface area contributed by atoms with Crippen molar-refractivity contribution in [1.82, 2.24) is 9.80 Å². The van der Waals surface area contributed by atoms with Crippen LogP contribution in [0.4, 0.5) is 0 Å². The van der Waals surface area contributed by atoms with Crippen LogP contribution in [0.25, 0.3) is 0 Å². The molecule has 0 aliphatic carbocycles. The summed E-state index contributed by atoms with van der Waals surface area (Å²) in [6.45, 7) is 3.80. The summed E-state index contributed by atoms with van der Waals surface area (Å²) in [5.74, 6) is 2.09. The molecule has 0 unspecified atom stereocenters. The lowest BCUT2D eigenvalue weighted by Crippen LogP contribution is -2.43. The molecule has 2 heterocycles. The van der Waals surface area contributed by atoms with Crippen molar-refractivity contribution in [3.05, 3.63) is 59.1 Å². The van der Waals surface area contributed by atoms with Crippen LogP contribution in [-0.2, 0) is 16.4 Å². The smallest absolute Gasteiger partial charge is 0.231 e. The molecule has 9 heteroatoms. The van der Waals surface area contributed by atoms with E-state index in [2.05, 4.69) is 4.90 Å². The lowest BCUT2D eigenvalue weighted by atomic mass is 10.1. The zero-order valence-electron chi connectivity index (χ0n) is 17.2. The normalized spacial score (nSPS) is 16.8. The molecular weight excluding hydrogens is 418 g/mol. The van der Waals surface area contributed by atoms with Crippen molar-refractivity contribution in [3.63, 3.8) is 0 Å². The maximum absolute atomic E-state index is 12.8. The van der Waals surface area contributed by atoms with Crippen molar-refractivity contribution < 1.29 is 22.6 Å². The van der Waals surface area contributed by atoms with Crippen LogP contribution in [0.15, 0.2) is 58.5 Å². The number of methoxy groups -OCH3 is 1. The van der Waals surface area contributed by atoms with Crippen LogP contribution in [0, 0.1) is 11.3 Å². The Hall–Kier alpha value is -3.22. The summed E-state index contributed by atoms with van der Waals surface area (Å²) in [5.41, 5.74) is 1.13. The fourth-order valence-corrected chi connectivity index (χ4v) is 4.71. The molecule has 162 valence electrons. The van der Waals surface area contributed by atoms with Gasteiger partial charge < -0.3 is 19.1 Å². The summed E-state index contributed by atoms with van der Waals surface area (Å²) in [6, 6.07) is 13.8. The number of nitrogens with zero attached hydrogens (tertiary/aromatic N) is 3. The van der Waals surface area contributed by atoms with E-state index in [0.717, 1.165) is 36.7 Å². The fraction of sp³-hybridized carbons (Fsp3) is 0.318. The molecule has 4 rings (SSSR count). The van der Waals surface area contributed by atoms with Gasteiger partial charge >= 0.3 is 0 Å². The van der Waals surface area contributed by atoms with Gasteiger partial charge in [-0.15, -0.1) is 0 Å². The van der Waals surface area contributed by atoms with Gasteiger partial charge in [0.15, 0.2) is 16.4 Å². The van der Waals surface area contributed by atoms with Crippen LogP contribution in [0.1, 0.15) is 5.56 Å². The molecular formula is C22H23N3O5S. The first-order chi connectivity index (χ1) is 15.0. The number of sulfone groups is 1. The van der Waals surface area contributed by atoms with E-state index in [4.69, 9.17) is 14.2 Å². The summed E-state index contributed by atoms with van der Waals surface area (Å²) in [6.07, 6.45) is 1.46. The predicted molar refractivity (Wildman–Crippen MR) is 113 cm³/mol. The number of hydrogen-bond acceptors (Lipinski definition) is 8. The summed E-state index contributed by atoms with van der Waals surface area (Å²) in [5, 5.41) is 9.50. The van der Waals surface area contributed by atoms with Gasteiger partial charge in [0.25, 0.3) is 0 Å². The average molecular weight is 442 g/mol. The second kappa shape index (κ2) is 8.88. The summed E-state index contributed by atoms with van der Waals surface area (Å²) >= 11 is 0. The molecule has 0 atom stereocenters. The van der Waals surface area contributed by atoms with Crippen LogP contribution in [-0.4, -0.2) is 58.3 Å². The van der Waals surface area contributed by atoms with Gasteiger partial charge in [0.1, 0.15) is 11.8 Å². The number of hydrogen-bond donors (Lipinski definition) is 0. The van der Waals surface area contributed by atoms with E-state index in [0.29, 0.717) is 18.8 Å². The van der Waals surface area contributed by atoms with E-state index < -0.39 is 9.84 Å². The van der Waals surface area contributed by atoms with Gasteiger partial charge in [-0.2, -0.15) is 5.26 Å². The lowest BCUT2D eigenvalue weighted by molar-refractivity contribution is 0.161. The molecule has 1 fully saturated rings. The molecule has 2 aromatic rings. The second-order valence-electron chi connectivity index (χ2n) is 7.28. The minimum atomic E-state index is -3.88. The van der Waals surface area contributed by atoms with Gasteiger partial charge in [-0.05, 0) is 42.0 Å². The maximum atomic E-state index is 12.8. The Bertz CT molecular complexity index is 1110. The van der Waals surface area contributed by atoms with Crippen LogP contribution >= 0.6 is 0 Å². The Morgan fingerprint density at radius 1 is 1.10 bits per heavy atom. The third-order valence-electron chi connectivity index (χ3n) is 5.32. The predicted octanol–water partition coefficient (Wildman–Crippen LogP) is 2.38. The molecule has 0 radical (unpaired) electrons. The Labute approximate surface area is 181 Å². The Kier molecular flexibility index (Phi) is 6.02.